The number of carbonyl (C=O) groups excluding carboxylic acids is 1. The molecule has 0 saturated carbocycles. The summed E-state index contributed by atoms with van der Waals surface area (Å²) in [6.07, 6.45) is 1.72. The van der Waals surface area contributed by atoms with E-state index in [4.69, 9.17) is 0 Å². The number of benzene rings is 3. The molecule has 1 heterocycles. The molecular formula is C23H18N2OS. The van der Waals surface area contributed by atoms with E-state index in [0.29, 0.717) is 17.2 Å². The molecule has 0 aliphatic heterocycles. The van der Waals surface area contributed by atoms with Crippen LogP contribution in [0.1, 0.15) is 10.4 Å². The van der Waals surface area contributed by atoms with Crippen LogP contribution in [0.2, 0.25) is 0 Å². The molecule has 0 atom stereocenters. The maximum atomic E-state index is 13.2. The first-order valence-electron chi connectivity index (χ1n) is 8.69. The summed E-state index contributed by atoms with van der Waals surface area (Å²) in [5, 5.41) is 4.82. The van der Waals surface area contributed by atoms with Gasteiger partial charge in [0.1, 0.15) is 0 Å². The molecule has 1 amide bonds. The molecule has 0 radical (unpaired) electrons. The second-order valence-corrected chi connectivity index (χ2v) is 6.98. The van der Waals surface area contributed by atoms with Crippen molar-refractivity contribution in [3.05, 3.63) is 96.4 Å². The number of nitrogens with zero attached hydrogens (tertiary/aromatic N) is 2. The summed E-state index contributed by atoms with van der Waals surface area (Å²) in [6, 6.07) is 23.8. The van der Waals surface area contributed by atoms with Crippen molar-refractivity contribution in [2.24, 2.45) is 0 Å². The molecule has 0 spiro atoms. The van der Waals surface area contributed by atoms with Gasteiger partial charge in [0.25, 0.3) is 5.91 Å². The molecule has 0 aliphatic rings. The quantitative estimate of drug-likeness (QED) is 0.416. The van der Waals surface area contributed by atoms with Gasteiger partial charge in [-0.3, -0.25) is 9.69 Å². The van der Waals surface area contributed by atoms with Gasteiger partial charge < -0.3 is 0 Å². The third-order valence-electron chi connectivity index (χ3n) is 4.35. The van der Waals surface area contributed by atoms with Crippen LogP contribution in [0, 0.1) is 0 Å². The molecule has 27 heavy (non-hydrogen) atoms. The van der Waals surface area contributed by atoms with Gasteiger partial charge in [0.05, 0.1) is 5.69 Å². The van der Waals surface area contributed by atoms with E-state index in [9.17, 15) is 4.79 Å². The second-order valence-electron chi connectivity index (χ2n) is 6.15. The van der Waals surface area contributed by atoms with Gasteiger partial charge in [-0.2, -0.15) is 0 Å². The largest absolute Gasteiger partial charge is 0.280 e. The molecule has 0 unspecified atom stereocenters. The lowest BCUT2D eigenvalue weighted by molar-refractivity contribution is 0.0990. The van der Waals surface area contributed by atoms with Crippen molar-refractivity contribution in [1.82, 2.24) is 4.98 Å². The Morgan fingerprint density at radius 2 is 1.74 bits per heavy atom. The van der Waals surface area contributed by atoms with Crippen molar-refractivity contribution in [2.45, 2.75) is 0 Å². The zero-order chi connectivity index (χ0) is 18.6. The van der Waals surface area contributed by atoms with Crippen LogP contribution in [0.4, 0.5) is 5.13 Å². The van der Waals surface area contributed by atoms with E-state index in [1.165, 1.54) is 11.3 Å². The lowest BCUT2D eigenvalue weighted by Crippen LogP contribution is -2.30. The van der Waals surface area contributed by atoms with Crippen molar-refractivity contribution in [2.75, 3.05) is 11.4 Å². The molecule has 0 fully saturated rings. The summed E-state index contributed by atoms with van der Waals surface area (Å²) in [5.41, 5.74) is 2.56. The Balaban J connectivity index is 1.68. The first-order valence-corrected chi connectivity index (χ1v) is 9.57. The molecule has 0 bridgehead atoms. The van der Waals surface area contributed by atoms with Crippen molar-refractivity contribution >= 4 is 33.1 Å². The molecule has 0 saturated heterocycles. The Labute approximate surface area is 162 Å². The summed E-state index contributed by atoms with van der Waals surface area (Å²) in [4.78, 5) is 19.5. The highest BCUT2D eigenvalue weighted by Gasteiger charge is 2.20. The van der Waals surface area contributed by atoms with Crippen molar-refractivity contribution in [3.8, 4) is 11.3 Å². The SMILES string of the molecule is C=CCN(C(=O)c1ccc2ccccc2c1)c1nc(-c2ccccc2)cs1. The topological polar surface area (TPSA) is 33.2 Å². The Bertz CT molecular complexity index is 1100. The van der Waals surface area contributed by atoms with Crippen LogP contribution in [-0.4, -0.2) is 17.4 Å². The zero-order valence-electron chi connectivity index (χ0n) is 14.7. The van der Waals surface area contributed by atoms with Gasteiger partial charge in [-0.25, -0.2) is 4.98 Å². The first-order chi connectivity index (χ1) is 13.3. The number of anilines is 1. The molecule has 4 aromatic rings. The van der Waals surface area contributed by atoms with Gasteiger partial charge >= 0.3 is 0 Å². The number of amides is 1. The fraction of sp³-hybridized carbons (Fsp3) is 0.0435. The highest BCUT2D eigenvalue weighted by atomic mass is 32.1. The highest BCUT2D eigenvalue weighted by molar-refractivity contribution is 7.14. The first kappa shape index (κ1) is 17.2. The predicted octanol–water partition coefficient (Wildman–Crippen LogP) is 5.80. The lowest BCUT2D eigenvalue weighted by Gasteiger charge is -2.18. The Hall–Kier alpha value is -3.24. The standard InChI is InChI=1S/C23H18N2OS/c1-2-14-25(23-24-21(16-27-23)18-9-4-3-5-10-18)22(26)20-13-12-17-8-6-7-11-19(17)15-20/h2-13,15-16H,1,14H2. The smallest absolute Gasteiger partial charge is 0.260 e. The lowest BCUT2D eigenvalue weighted by atomic mass is 10.1. The third-order valence-corrected chi connectivity index (χ3v) is 5.21. The number of thiazole rings is 1. The summed E-state index contributed by atoms with van der Waals surface area (Å²) in [5.74, 6) is -0.0744. The van der Waals surface area contributed by atoms with Crippen molar-refractivity contribution in [3.63, 3.8) is 0 Å². The summed E-state index contributed by atoms with van der Waals surface area (Å²) >= 11 is 1.47. The van der Waals surface area contributed by atoms with E-state index in [1.807, 2.05) is 78.2 Å². The average Bonchev–Trinajstić information content (AvgIpc) is 3.22. The number of aromatic nitrogens is 1. The van der Waals surface area contributed by atoms with Gasteiger partial charge in [0, 0.05) is 23.1 Å². The number of fused-ring (bicyclic) bond motifs is 1. The minimum absolute atomic E-state index is 0.0744. The van der Waals surface area contributed by atoms with Crippen LogP contribution in [-0.2, 0) is 0 Å². The van der Waals surface area contributed by atoms with Gasteiger partial charge in [-0.05, 0) is 22.9 Å². The highest BCUT2D eigenvalue weighted by Crippen LogP contribution is 2.28. The minimum atomic E-state index is -0.0744. The Kier molecular flexibility index (Phi) is 4.81. The van der Waals surface area contributed by atoms with Crippen LogP contribution < -0.4 is 4.90 Å². The molecule has 3 nitrogen and oxygen atoms in total. The van der Waals surface area contributed by atoms with Gasteiger partial charge in [-0.1, -0.05) is 66.7 Å². The molecule has 0 N–H and O–H groups in total. The van der Waals surface area contributed by atoms with Crippen LogP contribution in [0.15, 0.2) is 90.8 Å². The van der Waals surface area contributed by atoms with Crippen LogP contribution in [0.5, 0.6) is 0 Å². The van der Waals surface area contributed by atoms with Gasteiger partial charge in [-0.15, -0.1) is 17.9 Å². The fourth-order valence-electron chi connectivity index (χ4n) is 2.98. The molecular weight excluding hydrogens is 352 g/mol. The van der Waals surface area contributed by atoms with E-state index in [2.05, 4.69) is 11.6 Å². The van der Waals surface area contributed by atoms with E-state index in [-0.39, 0.29) is 5.91 Å². The van der Waals surface area contributed by atoms with Gasteiger partial charge in [0.2, 0.25) is 0 Å². The maximum Gasteiger partial charge on any atom is 0.260 e. The summed E-state index contributed by atoms with van der Waals surface area (Å²) < 4.78 is 0. The monoisotopic (exact) mass is 370 g/mol. The van der Waals surface area contributed by atoms with E-state index < -0.39 is 0 Å². The number of carbonyl (C=O) groups is 1. The van der Waals surface area contributed by atoms with E-state index in [1.54, 1.807) is 11.0 Å². The van der Waals surface area contributed by atoms with Crippen LogP contribution in [0.25, 0.3) is 22.0 Å². The zero-order valence-corrected chi connectivity index (χ0v) is 15.5. The van der Waals surface area contributed by atoms with Crippen LogP contribution >= 0.6 is 11.3 Å². The van der Waals surface area contributed by atoms with Crippen molar-refractivity contribution in [1.29, 1.82) is 0 Å². The Morgan fingerprint density at radius 3 is 2.52 bits per heavy atom. The van der Waals surface area contributed by atoms with Crippen LogP contribution in [0.3, 0.4) is 0 Å². The number of hydrogen-bond acceptors (Lipinski definition) is 3. The van der Waals surface area contributed by atoms with Crippen molar-refractivity contribution < 1.29 is 4.79 Å². The fourth-order valence-corrected chi connectivity index (χ4v) is 3.83. The summed E-state index contributed by atoms with van der Waals surface area (Å²) in [7, 11) is 0. The molecule has 0 aliphatic carbocycles. The number of hydrogen-bond donors (Lipinski definition) is 0. The normalized spacial score (nSPS) is 10.7. The van der Waals surface area contributed by atoms with E-state index in [0.717, 1.165) is 22.0 Å². The third kappa shape index (κ3) is 3.52. The molecule has 1 aromatic heterocycles. The average molecular weight is 370 g/mol. The molecule has 4 heteroatoms. The minimum Gasteiger partial charge on any atom is -0.280 e. The number of rotatable bonds is 5. The summed E-state index contributed by atoms with van der Waals surface area (Å²) in [6.45, 7) is 4.21. The Morgan fingerprint density at radius 1 is 1.00 bits per heavy atom. The van der Waals surface area contributed by atoms with E-state index >= 15 is 0 Å². The molecule has 132 valence electrons. The molecule has 3 aromatic carbocycles. The van der Waals surface area contributed by atoms with Gasteiger partial charge in [0.15, 0.2) is 5.13 Å². The second kappa shape index (κ2) is 7.56. The maximum absolute atomic E-state index is 13.2. The predicted molar refractivity (Wildman–Crippen MR) is 113 cm³/mol. The molecule has 4 rings (SSSR count).